The lowest BCUT2D eigenvalue weighted by molar-refractivity contribution is -0.144. The van der Waals surface area contributed by atoms with Gasteiger partial charge in [-0.1, -0.05) is 6.07 Å². The van der Waals surface area contributed by atoms with Gasteiger partial charge in [0.15, 0.2) is 0 Å². The minimum Gasteiger partial charge on any atom is -0.480 e. The summed E-state index contributed by atoms with van der Waals surface area (Å²) in [6, 6.07) is 4.62. The molecule has 1 aliphatic heterocycles. The zero-order valence-corrected chi connectivity index (χ0v) is 10.8. The summed E-state index contributed by atoms with van der Waals surface area (Å²) >= 11 is 3.11. The summed E-state index contributed by atoms with van der Waals surface area (Å²) in [6.07, 6.45) is 1.84. The minimum atomic E-state index is -0.892. The first-order chi connectivity index (χ1) is 8.03. The normalized spacial score (nSPS) is 23.9. The Kier molecular flexibility index (Phi) is 3.49. The highest BCUT2D eigenvalue weighted by atomic mass is 79.9. The maximum absolute atomic E-state index is 13.1. The summed E-state index contributed by atoms with van der Waals surface area (Å²) in [5.74, 6) is -1.17. The van der Waals surface area contributed by atoms with Crippen LogP contribution in [0.2, 0.25) is 0 Å². The molecule has 0 aliphatic carbocycles. The molecule has 1 fully saturated rings. The van der Waals surface area contributed by atoms with E-state index in [0.29, 0.717) is 23.9 Å². The number of carboxylic acid groups (broad SMARTS) is 1. The van der Waals surface area contributed by atoms with Crippen LogP contribution in [0.4, 0.5) is 4.39 Å². The number of benzene rings is 1. The second kappa shape index (κ2) is 4.74. The van der Waals surface area contributed by atoms with Crippen LogP contribution in [-0.4, -0.2) is 23.2 Å². The zero-order valence-electron chi connectivity index (χ0n) is 9.17. The maximum Gasteiger partial charge on any atom is 0.324 e. The van der Waals surface area contributed by atoms with Crippen molar-refractivity contribution in [2.45, 2.75) is 24.8 Å². The van der Waals surface area contributed by atoms with Crippen LogP contribution in [0, 0.1) is 5.82 Å². The molecule has 0 spiro atoms. The highest BCUT2D eigenvalue weighted by molar-refractivity contribution is 9.10. The Morgan fingerprint density at radius 1 is 1.59 bits per heavy atom. The molecule has 2 rings (SSSR count). The van der Waals surface area contributed by atoms with Crippen molar-refractivity contribution in [1.29, 1.82) is 0 Å². The highest BCUT2D eigenvalue weighted by Crippen LogP contribution is 2.26. The first-order valence-corrected chi connectivity index (χ1v) is 6.25. The number of carboxylic acids is 1. The van der Waals surface area contributed by atoms with E-state index in [1.165, 1.54) is 6.07 Å². The van der Waals surface area contributed by atoms with Gasteiger partial charge in [0, 0.05) is 6.42 Å². The summed E-state index contributed by atoms with van der Waals surface area (Å²) in [6.45, 7) is 0.717. The van der Waals surface area contributed by atoms with E-state index in [-0.39, 0.29) is 5.82 Å². The van der Waals surface area contributed by atoms with Crippen molar-refractivity contribution >= 4 is 21.9 Å². The predicted octanol–water partition coefficient (Wildman–Crippen LogP) is 2.34. The van der Waals surface area contributed by atoms with Crippen LogP contribution in [-0.2, 0) is 11.2 Å². The van der Waals surface area contributed by atoms with Gasteiger partial charge in [-0.15, -0.1) is 0 Å². The van der Waals surface area contributed by atoms with E-state index >= 15 is 0 Å². The lowest BCUT2D eigenvalue weighted by Gasteiger charge is -2.24. The fourth-order valence-corrected chi connectivity index (χ4v) is 2.64. The SMILES string of the molecule is O=C(O)C1(Cc2ccc(F)c(Br)c2)CCCN1. The number of halogens is 2. The quantitative estimate of drug-likeness (QED) is 0.901. The number of rotatable bonds is 3. The summed E-state index contributed by atoms with van der Waals surface area (Å²) in [7, 11) is 0. The van der Waals surface area contributed by atoms with Crippen molar-refractivity contribution in [2.24, 2.45) is 0 Å². The molecule has 3 nitrogen and oxygen atoms in total. The van der Waals surface area contributed by atoms with Crippen LogP contribution >= 0.6 is 15.9 Å². The third-order valence-corrected chi connectivity index (χ3v) is 3.75. The molecule has 92 valence electrons. The Bertz CT molecular complexity index is 444. The largest absolute Gasteiger partial charge is 0.480 e. The molecule has 1 saturated heterocycles. The summed E-state index contributed by atoms with van der Waals surface area (Å²) in [5.41, 5.74) is -0.0767. The summed E-state index contributed by atoms with van der Waals surface area (Å²) in [4.78, 5) is 11.3. The lowest BCUT2D eigenvalue weighted by Crippen LogP contribution is -2.49. The van der Waals surface area contributed by atoms with Gasteiger partial charge in [0.25, 0.3) is 0 Å². The van der Waals surface area contributed by atoms with Gasteiger partial charge in [0.2, 0.25) is 0 Å². The van der Waals surface area contributed by atoms with Gasteiger partial charge in [0.1, 0.15) is 11.4 Å². The van der Waals surface area contributed by atoms with E-state index in [4.69, 9.17) is 0 Å². The zero-order chi connectivity index (χ0) is 12.5. The molecule has 1 unspecified atom stereocenters. The minimum absolute atomic E-state index is 0.336. The third-order valence-electron chi connectivity index (χ3n) is 3.14. The van der Waals surface area contributed by atoms with Crippen molar-refractivity contribution < 1.29 is 14.3 Å². The lowest BCUT2D eigenvalue weighted by atomic mass is 9.89. The van der Waals surface area contributed by atoms with Gasteiger partial charge < -0.3 is 10.4 Å². The van der Waals surface area contributed by atoms with Gasteiger partial charge >= 0.3 is 5.97 Å². The molecule has 0 aromatic heterocycles. The Hall–Kier alpha value is -0.940. The van der Waals surface area contributed by atoms with Crippen LogP contribution in [0.3, 0.4) is 0 Å². The van der Waals surface area contributed by atoms with Crippen LogP contribution in [0.25, 0.3) is 0 Å². The van der Waals surface area contributed by atoms with Crippen LogP contribution in [0.5, 0.6) is 0 Å². The molecule has 1 aliphatic rings. The second-order valence-corrected chi connectivity index (χ2v) is 5.20. The third kappa shape index (κ3) is 2.50. The number of aliphatic carboxylic acids is 1. The molecule has 1 aromatic rings. The molecule has 0 radical (unpaired) electrons. The maximum atomic E-state index is 13.1. The average Bonchev–Trinajstić information content (AvgIpc) is 2.73. The molecule has 17 heavy (non-hydrogen) atoms. The standard InChI is InChI=1S/C12H13BrFNO2/c13-9-6-8(2-3-10(9)14)7-12(11(16)17)4-1-5-15-12/h2-3,6,15H,1,4-5,7H2,(H,16,17). The molecule has 5 heteroatoms. The first kappa shape index (κ1) is 12.5. The van der Waals surface area contributed by atoms with E-state index in [2.05, 4.69) is 21.2 Å². The Morgan fingerprint density at radius 3 is 2.88 bits per heavy atom. The first-order valence-electron chi connectivity index (χ1n) is 5.46. The highest BCUT2D eigenvalue weighted by Gasteiger charge is 2.41. The van der Waals surface area contributed by atoms with Gasteiger partial charge in [-0.05, 0) is 53.0 Å². The predicted molar refractivity (Wildman–Crippen MR) is 65.4 cm³/mol. The van der Waals surface area contributed by atoms with Crippen molar-refractivity contribution in [1.82, 2.24) is 5.32 Å². The fourth-order valence-electron chi connectivity index (χ4n) is 2.21. The number of hydrogen-bond donors (Lipinski definition) is 2. The van der Waals surface area contributed by atoms with Crippen molar-refractivity contribution in [3.8, 4) is 0 Å². The smallest absolute Gasteiger partial charge is 0.324 e. The molecule has 0 amide bonds. The Morgan fingerprint density at radius 2 is 2.35 bits per heavy atom. The molecular formula is C12H13BrFNO2. The van der Waals surface area contributed by atoms with Gasteiger partial charge in [-0.25, -0.2) is 4.39 Å². The van der Waals surface area contributed by atoms with Crippen molar-refractivity contribution in [2.75, 3.05) is 6.54 Å². The number of nitrogens with one attached hydrogen (secondary N) is 1. The molecule has 1 aromatic carbocycles. The van der Waals surface area contributed by atoms with Gasteiger partial charge in [-0.3, -0.25) is 4.79 Å². The van der Waals surface area contributed by atoms with Gasteiger partial charge in [0.05, 0.1) is 4.47 Å². The van der Waals surface area contributed by atoms with E-state index in [1.54, 1.807) is 12.1 Å². The van der Waals surface area contributed by atoms with Crippen LogP contribution in [0.15, 0.2) is 22.7 Å². The van der Waals surface area contributed by atoms with E-state index < -0.39 is 11.5 Å². The van der Waals surface area contributed by atoms with E-state index in [1.807, 2.05) is 0 Å². The van der Waals surface area contributed by atoms with Crippen molar-refractivity contribution in [3.05, 3.63) is 34.1 Å². The van der Waals surface area contributed by atoms with Crippen molar-refractivity contribution in [3.63, 3.8) is 0 Å². The molecular weight excluding hydrogens is 289 g/mol. The monoisotopic (exact) mass is 301 g/mol. The molecule has 1 atom stereocenters. The van der Waals surface area contributed by atoms with E-state index in [9.17, 15) is 14.3 Å². The molecule has 2 N–H and O–H groups in total. The Balaban J connectivity index is 2.23. The Labute approximate surface area is 107 Å². The average molecular weight is 302 g/mol. The van der Waals surface area contributed by atoms with Crippen LogP contribution < -0.4 is 5.32 Å². The number of hydrogen-bond acceptors (Lipinski definition) is 2. The summed E-state index contributed by atoms with van der Waals surface area (Å²) < 4.78 is 13.5. The van der Waals surface area contributed by atoms with Crippen LogP contribution in [0.1, 0.15) is 18.4 Å². The van der Waals surface area contributed by atoms with Gasteiger partial charge in [-0.2, -0.15) is 0 Å². The fraction of sp³-hybridized carbons (Fsp3) is 0.417. The molecule has 1 heterocycles. The second-order valence-electron chi connectivity index (χ2n) is 4.34. The van der Waals surface area contributed by atoms with E-state index in [0.717, 1.165) is 12.0 Å². The molecule has 0 saturated carbocycles. The number of carbonyl (C=O) groups is 1. The topological polar surface area (TPSA) is 49.3 Å². The summed E-state index contributed by atoms with van der Waals surface area (Å²) in [5, 5.41) is 12.3. The molecule has 0 bridgehead atoms.